The fourth-order valence-electron chi connectivity index (χ4n) is 0. The molecule has 0 saturated carbocycles. The van der Waals surface area contributed by atoms with Crippen LogP contribution < -0.4 is 0 Å². The molecule has 66 valence electrons. The van der Waals surface area contributed by atoms with Gasteiger partial charge in [0.1, 0.15) is 0 Å². The van der Waals surface area contributed by atoms with Gasteiger partial charge in [0.15, 0.2) is 0 Å². The summed E-state index contributed by atoms with van der Waals surface area (Å²) in [7, 11) is -6.00. The maximum atomic E-state index is 9.75. The van der Waals surface area contributed by atoms with Crippen molar-refractivity contribution < 1.29 is 47.6 Å². The summed E-state index contributed by atoms with van der Waals surface area (Å²) in [6.07, 6.45) is 0. The third-order valence-electron chi connectivity index (χ3n) is 0. The van der Waals surface area contributed by atoms with E-state index in [4.69, 9.17) is 9.90 Å². The smallest absolute Gasteiger partial charge is 0.481 e. The van der Waals surface area contributed by atoms with Gasteiger partial charge >= 0.3 is 7.25 Å². The van der Waals surface area contributed by atoms with Crippen LogP contribution in [0, 0.1) is 0 Å². The summed E-state index contributed by atoms with van der Waals surface area (Å²) < 4.78 is 39.0. The SMILES string of the molecule is CC(=O)O.F[B-](F)(F)F.[Pd]. The van der Waals surface area contributed by atoms with Crippen LogP contribution in [0.5, 0.6) is 0 Å². The van der Waals surface area contributed by atoms with Crippen molar-refractivity contribution in [1.29, 1.82) is 0 Å². The van der Waals surface area contributed by atoms with E-state index in [1.165, 1.54) is 0 Å². The largest absolute Gasteiger partial charge is 0.673 e. The molecule has 0 heterocycles. The van der Waals surface area contributed by atoms with Gasteiger partial charge < -0.3 is 22.4 Å². The fourth-order valence-corrected chi connectivity index (χ4v) is 0. The van der Waals surface area contributed by atoms with Crippen molar-refractivity contribution in [3.63, 3.8) is 0 Å². The molecule has 0 aromatic rings. The van der Waals surface area contributed by atoms with Gasteiger partial charge in [-0.05, 0) is 0 Å². The molecule has 0 amide bonds. The van der Waals surface area contributed by atoms with Gasteiger partial charge in [0.05, 0.1) is 0 Å². The van der Waals surface area contributed by atoms with Crippen molar-refractivity contribution in [2.45, 2.75) is 6.92 Å². The second-order valence-electron chi connectivity index (χ2n) is 1.01. The Balaban J connectivity index is -0.0000000910. The summed E-state index contributed by atoms with van der Waals surface area (Å²) >= 11 is 0. The Kier molecular flexibility index (Phi) is 11.6. The third-order valence-corrected chi connectivity index (χ3v) is 0. The topological polar surface area (TPSA) is 37.3 Å². The predicted octanol–water partition coefficient (Wildman–Crippen LogP) is 1.39. The van der Waals surface area contributed by atoms with Crippen molar-refractivity contribution >= 4 is 13.2 Å². The number of halogens is 4. The normalized spacial score (nSPS) is 8.50. The molecular weight excluding hydrogens is 249 g/mol. The van der Waals surface area contributed by atoms with E-state index in [-0.39, 0.29) is 20.4 Å². The first-order valence-electron chi connectivity index (χ1n) is 1.80. The van der Waals surface area contributed by atoms with Crippen molar-refractivity contribution in [1.82, 2.24) is 0 Å². The van der Waals surface area contributed by atoms with Crippen molar-refractivity contribution in [2.24, 2.45) is 0 Å². The molecular formula is C2H4BF4O2Pd-. The summed E-state index contributed by atoms with van der Waals surface area (Å²) in [5.41, 5.74) is 0. The van der Waals surface area contributed by atoms with Gasteiger partial charge in [-0.2, -0.15) is 0 Å². The Morgan fingerprint density at radius 2 is 1.30 bits per heavy atom. The van der Waals surface area contributed by atoms with E-state index in [2.05, 4.69) is 0 Å². The maximum Gasteiger partial charge on any atom is 0.673 e. The number of carboxylic acids is 1. The Labute approximate surface area is 68.4 Å². The first-order valence-corrected chi connectivity index (χ1v) is 1.80. The molecule has 0 fully saturated rings. The van der Waals surface area contributed by atoms with Crippen LogP contribution in [-0.4, -0.2) is 18.3 Å². The van der Waals surface area contributed by atoms with Crippen LogP contribution >= 0.6 is 0 Å². The van der Waals surface area contributed by atoms with Gasteiger partial charge in [-0.1, -0.05) is 0 Å². The van der Waals surface area contributed by atoms with E-state index in [1.54, 1.807) is 0 Å². The van der Waals surface area contributed by atoms with Gasteiger partial charge in [-0.25, -0.2) is 0 Å². The van der Waals surface area contributed by atoms with E-state index in [9.17, 15) is 17.3 Å². The predicted molar refractivity (Wildman–Crippen MR) is 23.5 cm³/mol. The van der Waals surface area contributed by atoms with E-state index in [0.717, 1.165) is 6.92 Å². The summed E-state index contributed by atoms with van der Waals surface area (Å²) in [4.78, 5) is 9.00. The zero-order valence-electron chi connectivity index (χ0n) is 4.76. The molecule has 10 heavy (non-hydrogen) atoms. The Morgan fingerprint density at radius 3 is 1.30 bits per heavy atom. The molecule has 0 bridgehead atoms. The first kappa shape index (κ1) is 16.5. The van der Waals surface area contributed by atoms with Gasteiger partial charge in [0.2, 0.25) is 0 Å². The minimum absolute atomic E-state index is 0. The Morgan fingerprint density at radius 1 is 1.30 bits per heavy atom. The molecule has 0 aliphatic carbocycles. The molecule has 8 heteroatoms. The molecule has 1 N–H and O–H groups in total. The molecule has 0 aliphatic heterocycles. The van der Waals surface area contributed by atoms with E-state index >= 15 is 0 Å². The molecule has 2 nitrogen and oxygen atoms in total. The third kappa shape index (κ3) is 55400. The second-order valence-corrected chi connectivity index (χ2v) is 1.01. The summed E-state index contributed by atoms with van der Waals surface area (Å²) in [6, 6.07) is 0. The minimum atomic E-state index is -6.00. The molecule has 0 radical (unpaired) electrons. The van der Waals surface area contributed by atoms with Crippen LogP contribution in [-0.2, 0) is 25.2 Å². The molecule has 0 unspecified atom stereocenters. The number of carbonyl (C=O) groups is 1. The summed E-state index contributed by atoms with van der Waals surface area (Å²) in [6.45, 7) is 1.08. The molecule has 0 aliphatic rings. The minimum Gasteiger partial charge on any atom is -0.481 e. The van der Waals surface area contributed by atoms with Crippen molar-refractivity contribution in [2.75, 3.05) is 0 Å². The zero-order chi connectivity index (χ0) is 8.08. The van der Waals surface area contributed by atoms with E-state index in [0.29, 0.717) is 0 Å². The van der Waals surface area contributed by atoms with Gasteiger partial charge in [-0.15, -0.1) is 0 Å². The number of hydrogen-bond acceptors (Lipinski definition) is 1. The number of rotatable bonds is 0. The Bertz CT molecular complexity index is 83.7. The Hall–Kier alpha value is -0.0827. The number of carboxylic acid groups (broad SMARTS) is 1. The monoisotopic (exact) mass is 253 g/mol. The van der Waals surface area contributed by atoms with E-state index in [1.807, 2.05) is 0 Å². The molecule has 0 rings (SSSR count). The number of hydrogen-bond donors (Lipinski definition) is 1. The average molecular weight is 253 g/mol. The molecule has 0 saturated heterocycles. The van der Waals surface area contributed by atoms with Gasteiger partial charge in [0, 0.05) is 27.3 Å². The van der Waals surface area contributed by atoms with Crippen LogP contribution in [0.4, 0.5) is 17.3 Å². The average Bonchev–Trinajstić information content (AvgIpc) is 1.19. The van der Waals surface area contributed by atoms with Crippen LogP contribution in [0.1, 0.15) is 6.92 Å². The maximum absolute atomic E-state index is 9.75. The molecule has 0 aromatic heterocycles. The quantitative estimate of drug-likeness (QED) is 0.523. The van der Waals surface area contributed by atoms with Gasteiger partial charge in [0.25, 0.3) is 5.97 Å². The van der Waals surface area contributed by atoms with Crippen LogP contribution in [0.2, 0.25) is 0 Å². The van der Waals surface area contributed by atoms with Crippen LogP contribution in [0.15, 0.2) is 0 Å². The van der Waals surface area contributed by atoms with E-state index < -0.39 is 13.2 Å². The van der Waals surface area contributed by atoms with Gasteiger partial charge in [-0.3, -0.25) is 4.79 Å². The molecule has 0 atom stereocenters. The van der Waals surface area contributed by atoms with Crippen LogP contribution in [0.25, 0.3) is 0 Å². The summed E-state index contributed by atoms with van der Waals surface area (Å²) in [5, 5.41) is 7.42. The molecule has 0 spiro atoms. The standard InChI is InChI=1S/C2H4O2.BF4.Pd/c1-2(3)4;2-1(3,4)5;/h1H3,(H,3,4);;/q;-1;. The second kappa shape index (κ2) is 7.03. The fraction of sp³-hybridized carbons (Fsp3) is 0.500. The number of aliphatic carboxylic acids is 1. The first-order chi connectivity index (χ1) is 3.73. The zero-order valence-corrected chi connectivity index (χ0v) is 6.32. The summed E-state index contributed by atoms with van der Waals surface area (Å²) in [5.74, 6) is -0.833. The van der Waals surface area contributed by atoms with Crippen molar-refractivity contribution in [3.8, 4) is 0 Å². The van der Waals surface area contributed by atoms with Crippen LogP contribution in [0.3, 0.4) is 0 Å². The molecule has 0 aromatic carbocycles. The van der Waals surface area contributed by atoms with Crippen molar-refractivity contribution in [3.05, 3.63) is 0 Å².